The van der Waals surface area contributed by atoms with Gasteiger partial charge < -0.3 is 24.7 Å². The van der Waals surface area contributed by atoms with E-state index >= 15 is 0 Å². The Kier molecular flexibility index (Phi) is 7.57. The van der Waals surface area contributed by atoms with Gasteiger partial charge in [0.25, 0.3) is 0 Å². The summed E-state index contributed by atoms with van der Waals surface area (Å²) in [7, 11) is 0. The second kappa shape index (κ2) is 11.2. The minimum Gasteiger partial charge on any atom is -0.493 e. The van der Waals surface area contributed by atoms with Gasteiger partial charge in [-0.05, 0) is 42.3 Å². The molecule has 0 saturated carbocycles. The van der Waals surface area contributed by atoms with Crippen molar-refractivity contribution in [1.82, 2.24) is 0 Å². The van der Waals surface area contributed by atoms with Crippen molar-refractivity contribution in [2.24, 2.45) is 5.73 Å². The van der Waals surface area contributed by atoms with Crippen molar-refractivity contribution in [2.75, 3.05) is 13.2 Å². The molecule has 182 valence electrons. The standard InChI is InChI=1S/C29H26N2O5/c1-3-15-33-20-11-9-19(10-12-20)27-22-14-13-21(17-26(22)36-28(31)24(27)18-30)35-29(32)23-7-5-6-8-25(23)34-16-4-2/h3,5-14,17,27H,1,4,15-16,31H2,2H3. The number of esters is 1. The Morgan fingerprint density at radius 3 is 2.58 bits per heavy atom. The molecule has 0 aromatic heterocycles. The van der Waals surface area contributed by atoms with Crippen molar-refractivity contribution in [3.05, 3.63) is 108 Å². The lowest BCUT2D eigenvalue weighted by atomic mass is 9.83. The van der Waals surface area contributed by atoms with Crippen molar-refractivity contribution in [3.63, 3.8) is 0 Å². The minimum absolute atomic E-state index is 0.00349. The third kappa shape index (κ3) is 5.18. The fraction of sp³-hybridized carbons (Fsp3) is 0.172. The topological polar surface area (TPSA) is 104 Å². The van der Waals surface area contributed by atoms with Gasteiger partial charge in [-0.15, -0.1) is 0 Å². The Bertz CT molecular complexity index is 1340. The molecule has 7 heteroatoms. The molecule has 1 aliphatic rings. The van der Waals surface area contributed by atoms with E-state index in [9.17, 15) is 10.1 Å². The first-order chi connectivity index (χ1) is 17.5. The van der Waals surface area contributed by atoms with Gasteiger partial charge in [0, 0.05) is 11.6 Å². The average Bonchev–Trinajstić information content (AvgIpc) is 2.90. The smallest absolute Gasteiger partial charge is 0.347 e. The van der Waals surface area contributed by atoms with Crippen LogP contribution in [0.25, 0.3) is 0 Å². The molecule has 3 aromatic carbocycles. The lowest BCUT2D eigenvalue weighted by Crippen LogP contribution is -2.21. The number of para-hydroxylation sites is 1. The normalized spacial score (nSPS) is 14.2. The van der Waals surface area contributed by atoms with Crippen molar-refractivity contribution >= 4 is 5.97 Å². The van der Waals surface area contributed by atoms with Gasteiger partial charge in [-0.25, -0.2) is 4.79 Å². The number of hydrogen-bond donors (Lipinski definition) is 1. The van der Waals surface area contributed by atoms with Crippen LogP contribution in [0.5, 0.6) is 23.0 Å². The van der Waals surface area contributed by atoms with Gasteiger partial charge in [-0.2, -0.15) is 5.26 Å². The van der Waals surface area contributed by atoms with Crippen molar-refractivity contribution in [1.29, 1.82) is 5.26 Å². The third-order valence-electron chi connectivity index (χ3n) is 5.55. The molecule has 2 N–H and O–H groups in total. The maximum atomic E-state index is 12.9. The Labute approximate surface area is 210 Å². The maximum absolute atomic E-state index is 12.9. The largest absolute Gasteiger partial charge is 0.493 e. The first-order valence-corrected chi connectivity index (χ1v) is 11.5. The molecule has 0 spiro atoms. The molecule has 1 unspecified atom stereocenters. The maximum Gasteiger partial charge on any atom is 0.347 e. The zero-order chi connectivity index (χ0) is 25.5. The fourth-order valence-electron chi connectivity index (χ4n) is 3.89. The van der Waals surface area contributed by atoms with E-state index in [4.69, 9.17) is 24.7 Å². The predicted molar refractivity (Wildman–Crippen MR) is 135 cm³/mol. The van der Waals surface area contributed by atoms with Gasteiger partial charge in [0.1, 0.15) is 46.8 Å². The van der Waals surface area contributed by atoms with Crippen molar-refractivity contribution < 1.29 is 23.7 Å². The minimum atomic E-state index is -0.551. The molecule has 4 rings (SSSR count). The zero-order valence-electron chi connectivity index (χ0n) is 19.9. The van der Waals surface area contributed by atoms with E-state index in [-0.39, 0.29) is 11.6 Å². The van der Waals surface area contributed by atoms with Crippen molar-refractivity contribution in [3.8, 4) is 29.1 Å². The van der Waals surface area contributed by atoms with E-state index in [0.717, 1.165) is 17.5 Å². The van der Waals surface area contributed by atoms with Gasteiger partial charge in [0.2, 0.25) is 5.88 Å². The van der Waals surface area contributed by atoms with Crippen LogP contribution in [-0.2, 0) is 0 Å². The highest BCUT2D eigenvalue weighted by molar-refractivity contribution is 5.94. The van der Waals surface area contributed by atoms with Crippen LogP contribution in [0.3, 0.4) is 0 Å². The Balaban J connectivity index is 1.62. The van der Waals surface area contributed by atoms with Gasteiger partial charge in [0.05, 0.1) is 12.5 Å². The number of nitrogens with zero attached hydrogens (tertiary/aromatic N) is 1. The van der Waals surface area contributed by atoms with Gasteiger partial charge in [-0.1, -0.05) is 49.9 Å². The lowest BCUT2D eigenvalue weighted by molar-refractivity contribution is 0.0730. The molecular formula is C29H26N2O5. The van der Waals surface area contributed by atoms with Crippen LogP contribution in [0.15, 0.2) is 90.8 Å². The number of nitriles is 1. The summed E-state index contributed by atoms with van der Waals surface area (Å²) < 4.78 is 22.6. The van der Waals surface area contributed by atoms with Crippen molar-refractivity contribution in [2.45, 2.75) is 19.3 Å². The summed E-state index contributed by atoms with van der Waals surface area (Å²) in [5.74, 6) is 0.847. The lowest BCUT2D eigenvalue weighted by Gasteiger charge is -2.26. The van der Waals surface area contributed by atoms with Crippen LogP contribution in [-0.4, -0.2) is 19.2 Å². The summed E-state index contributed by atoms with van der Waals surface area (Å²) in [6, 6.07) is 21.5. The molecule has 0 amide bonds. The summed E-state index contributed by atoms with van der Waals surface area (Å²) in [5, 5.41) is 9.79. The summed E-state index contributed by atoms with van der Waals surface area (Å²) >= 11 is 0. The Morgan fingerprint density at radius 2 is 1.86 bits per heavy atom. The SMILES string of the molecule is C=CCOc1ccc(C2C(C#N)=C(N)Oc3cc(OC(=O)c4ccccc4OCCC)ccc32)cc1. The average molecular weight is 483 g/mol. The van der Waals surface area contributed by atoms with E-state index in [2.05, 4.69) is 12.6 Å². The molecule has 0 radical (unpaired) electrons. The van der Waals surface area contributed by atoms with E-state index in [1.165, 1.54) is 0 Å². The number of allylic oxidation sites excluding steroid dienone is 1. The Hall–Kier alpha value is -4.70. The van der Waals surface area contributed by atoms with Gasteiger partial charge >= 0.3 is 5.97 Å². The monoisotopic (exact) mass is 482 g/mol. The number of benzene rings is 3. The highest BCUT2D eigenvalue weighted by atomic mass is 16.5. The van der Waals surface area contributed by atoms with E-state index in [0.29, 0.717) is 41.6 Å². The molecule has 0 bridgehead atoms. The van der Waals surface area contributed by atoms with Crippen LogP contribution >= 0.6 is 0 Å². The molecule has 0 saturated heterocycles. The second-order valence-corrected chi connectivity index (χ2v) is 8.03. The zero-order valence-corrected chi connectivity index (χ0v) is 19.9. The first kappa shape index (κ1) is 24.4. The number of fused-ring (bicyclic) bond motifs is 1. The number of hydrogen-bond acceptors (Lipinski definition) is 7. The Morgan fingerprint density at radius 1 is 1.11 bits per heavy atom. The van der Waals surface area contributed by atoms with E-state index < -0.39 is 11.9 Å². The summed E-state index contributed by atoms with van der Waals surface area (Å²) in [4.78, 5) is 12.9. The molecule has 1 aliphatic heterocycles. The summed E-state index contributed by atoms with van der Waals surface area (Å²) in [6.07, 6.45) is 2.48. The van der Waals surface area contributed by atoms with Crippen LogP contribution in [0.4, 0.5) is 0 Å². The molecule has 36 heavy (non-hydrogen) atoms. The number of carbonyl (C=O) groups excluding carboxylic acids is 1. The molecule has 0 aliphatic carbocycles. The number of rotatable bonds is 9. The molecule has 0 fully saturated rings. The second-order valence-electron chi connectivity index (χ2n) is 8.03. The highest BCUT2D eigenvalue weighted by Crippen LogP contribution is 2.43. The molecule has 3 aromatic rings. The number of nitrogens with two attached hydrogens (primary N) is 1. The predicted octanol–water partition coefficient (Wildman–Crippen LogP) is 5.48. The number of ether oxygens (including phenoxy) is 4. The first-order valence-electron chi connectivity index (χ1n) is 11.5. The number of carbonyl (C=O) groups is 1. The van der Waals surface area contributed by atoms with Crippen LogP contribution in [0.1, 0.15) is 40.7 Å². The van der Waals surface area contributed by atoms with E-state index in [1.54, 1.807) is 48.5 Å². The quantitative estimate of drug-likeness (QED) is 0.245. The molecule has 1 heterocycles. The molecular weight excluding hydrogens is 456 g/mol. The highest BCUT2D eigenvalue weighted by Gasteiger charge is 2.31. The van der Waals surface area contributed by atoms with Crippen LogP contribution in [0.2, 0.25) is 0 Å². The van der Waals surface area contributed by atoms with Gasteiger partial charge in [-0.3, -0.25) is 0 Å². The van der Waals surface area contributed by atoms with Crippen LogP contribution < -0.4 is 24.7 Å². The summed E-state index contributed by atoms with van der Waals surface area (Å²) in [6.45, 7) is 6.52. The van der Waals surface area contributed by atoms with Crippen LogP contribution in [0, 0.1) is 11.3 Å². The third-order valence-corrected chi connectivity index (χ3v) is 5.55. The molecule has 1 atom stereocenters. The molecule has 7 nitrogen and oxygen atoms in total. The summed E-state index contributed by atoms with van der Waals surface area (Å²) in [5.41, 5.74) is 8.31. The van der Waals surface area contributed by atoms with E-state index in [1.807, 2.05) is 31.2 Å². The fourth-order valence-corrected chi connectivity index (χ4v) is 3.89. The van der Waals surface area contributed by atoms with Gasteiger partial charge in [0.15, 0.2) is 0 Å².